The minimum atomic E-state index is -0.0789. The Balaban J connectivity index is 1.50. The summed E-state index contributed by atoms with van der Waals surface area (Å²) in [4.78, 5) is 18.3. The normalized spacial score (nSPS) is 15.3. The maximum atomic E-state index is 12.0. The first-order valence-electron chi connectivity index (χ1n) is 7.87. The number of carbonyl (C=O) groups is 1. The number of rotatable bonds is 5. The lowest BCUT2D eigenvalue weighted by Crippen LogP contribution is -2.35. The van der Waals surface area contributed by atoms with Crippen LogP contribution in [0.4, 0.5) is 0 Å². The molecule has 1 amide bonds. The average molecular weight is 311 g/mol. The molecule has 1 aliphatic rings. The Kier molecular flexibility index (Phi) is 5.34. The lowest BCUT2D eigenvalue weighted by Gasteiger charge is -2.26. The Bertz CT molecular complexity index is 622. The maximum absolute atomic E-state index is 12.0. The van der Waals surface area contributed by atoms with E-state index in [4.69, 9.17) is 4.74 Å². The van der Waals surface area contributed by atoms with E-state index in [2.05, 4.69) is 39.5 Å². The first-order chi connectivity index (χ1) is 11.3. The zero-order valence-corrected chi connectivity index (χ0v) is 13.1. The van der Waals surface area contributed by atoms with Crippen LogP contribution in [-0.2, 0) is 17.8 Å². The van der Waals surface area contributed by atoms with Crippen LogP contribution >= 0.6 is 0 Å². The molecule has 0 bridgehead atoms. The van der Waals surface area contributed by atoms with Crippen molar-refractivity contribution in [3.63, 3.8) is 0 Å². The van der Waals surface area contributed by atoms with Crippen molar-refractivity contribution < 1.29 is 9.53 Å². The van der Waals surface area contributed by atoms with E-state index in [1.807, 2.05) is 0 Å². The molecule has 1 N–H and O–H groups in total. The molecule has 2 aromatic rings. The standard InChI is InChI=1S/C18H21N3O2/c22-18(17-5-7-19-8-6-17)20-13-15-1-3-16(4-2-15)14-21-9-11-23-12-10-21/h1-8H,9-14H2,(H,20,22). The highest BCUT2D eigenvalue weighted by Gasteiger charge is 2.10. The van der Waals surface area contributed by atoms with Crippen molar-refractivity contribution in [2.75, 3.05) is 26.3 Å². The van der Waals surface area contributed by atoms with Gasteiger partial charge in [0, 0.05) is 44.1 Å². The summed E-state index contributed by atoms with van der Waals surface area (Å²) in [5.74, 6) is -0.0789. The monoisotopic (exact) mass is 311 g/mol. The molecule has 0 atom stereocenters. The van der Waals surface area contributed by atoms with Gasteiger partial charge in [0.25, 0.3) is 5.91 Å². The fourth-order valence-electron chi connectivity index (χ4n) is 2.57. The molecule has 3 rings (SSSR count). The highest BCUT2D eigenvalue weighted by molar-refractivity contribution is 5.93. The van der Waals surface area contributed by atoms with Crippen LogP contribution in [0.3, 0.4) is 0 Å². The van der Waals surface area contributed by atoms with Crippen molar-refractivity contribution in [3.05, 3.63) is 65.5 Å². The highest BCUT2D eigenvalue weighted by atomic mass is 16.5. The van der Waals surface area contributed by atoms with E-state index >= 15 is 0 Å². The van der Waals surface area contributed by atoms with Crippen LogP contribution in [0, 0.1) is 0 Å². The van der Waals surface area contributed by atoms with Gasteiger partial charge in [0.1, 0.15) is 0 Å². The van der Waals surface area contributed by atoms with Gasteiger partial charge in [-0.3, -0.25) is 14.7 Å². The number of nitrogens with one attached hydrogen (secondary N) is 1. The van der Waals surface area contributed by atoms with Crippen molar-refractivity contribution in [1.29, 1.82) is 0 Å². The number of hydrogen-bond donors (Lipinski definition) is 1. The summed E-state index contributed by atoms with van der Waals surface area (Å²) in [5.41, 5.74) is 3.01. The molecule has 0 unspecified atom stereocenters. The molecule has 0 aliphatic carbocycles. The predicted molar refractivity (Wildman–Crippen MR) is 87.9 cm³/mol. The lowest BCUT2D eigenvalue weighted by molar-refractivity contribution is 0.0342. The van der Waals surface area contributed by atoms with E-state index in [0.717, 1.165) is 38.4 Å². The zero-order chi connectivity index (χ0) is 15.9. The van der Waals surface area contributed by atoms with E-state index in [-0.39, 0.29) is 5.91 Å². The molecule has 0 spiro atoms. The summed E-state index contributed by atoms with van der Waals surface area (Å²) >= 11 is 0. The summed E-state index contributed by atoms with van der Waals surface area (Å²) in [6, 6.07) is 11.8. The van der Waals surface area contributed by atoms with Gasteiger partial charge in [0.2, 0.25) is 0 Å². The third kappa shape index (κ3) is 4.61. The van der Waals surface area contributed by atoms with E-state index < -0.39 is 0 Å². The molecule has 1 aromatic carbocycles. The number of carbonyl (C=O) groups excluding carboxylic acids is 1. The fourth-order valence-corrected chi connectivity index (χ4v) is 2.57. The number of nitrogens with zero attached hydrogens (tertiary/aromatic N) is 2. The fraction of sp³-hybridized carbons (Fsp3) is 0.333. The number of amides is 1. The Labute approximate surface area is 136 Å². The molecule has 0 radical (unpaired) electrons. The second kappa shape index (κ2) is 7.85. The van der Waals surface area contributed by atoms with Gasteiger partial charge in [-0.15, -0.1) is 0 Å². The SMILES string of the molecule is O=C(NCc1ccc(CN2CCOCC2)cc1)c1ccncc1. The number of hydrogen-bond acceptors (Lipinski definition) is 4. The first kappa shape index (κ1) is 15.6. The number of pyridine rings is 1. The van der Waals surface area contributed by atoms with E-state index in [1.54, 1.807) is 24.5 Å². The van der Waals surface area contributed by atoms with Gasteiger partial charge in [0.05, 0.1) is 13.2 Å². The molecule has 23 heavy (non-hydrogen) atoms. The predicted octanol–water partition coefficient (Wildman–Crippen LogP) is 1.84. The minimum absolute atomic E-state index is 0.0789. The number of ether oxygens (including phenoxy) is 1. The van der Waals surface area contributed by atoms with Crippen molar-refractivity contribution in [3.8, 4) is 0 Å². The van der Waals surface area contributed by atoms with Crippen LogP contribution in [0.25, 0.3) is 0 Å². The molecule has 1 aliphatic heterocycles. The first-order valence-corrected chi connectivity index (χ1v) is 7.87. The molecule has 1 saturated heterocycles. The third-order valence-electron chi connectivity index (χ3n) is 3.93. The molecule has 120 valence electrons. The van der Waals surface area contributed by atoms with Gasteiger partial charge < -0.3 is 10.1 Å². The summed E-state index contributed by atoms with van der Waals surface area (Å²) < 4.78 is 5.36. The molecular formula is C18H21N3O2. The smallest absolute Gasteiger partial charge is 0.251 e. The molecule has 5 nitrogen and oxygen atoms in total. The van der Waals surface area contributed by atoms with E-state index in [9.17, 15) is 4.79 Å². The van der Waals surface area contributed by atoms with E-state index in [0.29, 0.717) is 12.1 Å². The zero-order valence-electron chi connectivity index (χ0n) is 13.1. The van der Waals surface area contributed by atoms with Crippen LogP contribution in [0.5, 0.6) is 0 Å². The highest BCUT2D eigenvalue weighted by Crippen LogP contribution is 2.09. The van der Waals surface area contributed by atoms with Crippen LogP contribution < -0.4 is 5.32 Å². The van der Waals surface area contributed by atoms with Crippen LogP contribution in [0.2, 0.25) is 0 Å². The Morgan fingerprint density at radius 1 is 1.04 bits per heavy atom. The quantitative estimate of drug-likeness (QED) is 0.915. The molecule has 2 heterocycles. The lowest BCUT2D eigenvalue weighted by atomic mass is 10.1. The van der Waals surface area contributed by atoms with E-state index in [1.165, 1.54) is 5.56 Å². The van der Waals surface area contributed by atoms with Gasteiger partial charge in [0.15, 0.2) is 0 Å². The van der Waals surface area contributed by atoms with Gasteiger partial charge in [-0.25, -0.2) is 0 Å². The summed E-state index contributed by atoms with van der Waals surface area (Å²) in [6.07, 6.45) is 3.24. The number of aromatic nitrogens is 1. The molecular weight excluding hydrogens is 290 g/mol. The van der Waals surface area contributed by atoms with Crippen LogP contribution in [-0.4, -0.2) is 42.1 Å². The maximum Gasteiger partial charge on any atom is 0.251 e. The van der Waals surface area contributed by atoms with Crippen molar-refractivity contribution >= 4 is 5.91 Å². The number of morpholine rings is 1. The summed E-state index contributed by atoms with van der Waals surface area (Å²) in [5, 5.41) is 2.92. The minimum Gasteiger partial charge on any atom is -0.379 e. The summed E-state index contributed by atoms with van der Waals surface area (Å²) in [6.45, 7) is 5.09. The Hall–Kier alpha value is -2.24. The van der Waals surface area contributed by atoms with Crippen molar-refractivity contribution in [2.45, 2.75) is 13.1 Å². The second-order valence-corrected chi connectivity index (χ2v) is 5.62. The molecule has 1 fully saturated rings. The molecule has 1 aromatic heterocycles. The Morgan fingerprint density at radius 3 is 2.39 bits per heavy atom. The van der Waals surface area contributed by atoms with Gasteiger partial charge in [-0.05, 0) is 23.3 Å². The number of benzene rings is 1. The van der Waals surface area contributed by atoms with Gasteiger partial charge in [-0.2, -0.15) is 0 Å². The topological polar surface area (TPSA) is 54.5 Å². The van der Waals surface area contributed by atoms with Crippen LogP contribution in [0.1, 0.15) is 21.5 Å². The summed E-state index contributed by atoms with van der Waals surface area (Å²) in [7, 11) is 0. The van der Waals surface area contributed by atoms with Gasteiger partial charge in [-0.1, -0.05) is 24.3 Å². The molecule has 0 saturated carbocycles. The molecule has 5 heteroatoms. The van der Waals surface area contributed by atoms with Crippen molar-refractivity contribution in [2.24, 2.45) is 0 Å². The second-order valence-electron chi connectivity index (χ2n) is 5.62. The van der Waals surface area contributed by atoms with Crippen LogP contribution in [0.15, 0.2) is 48.8 Å². The van der Waals surface area contributed by atoms with Crippen molar-refractivity contribution in [1.82, 2.24) is 15.2 Å². The van der Waals surface area contributed by atoms with Gasteiger partial charge >= 0.3 is 0 Å². The largest absolute Gasteiger partial charge is 0.379 e. The average Bonchev–Trinajstić information content (AvgIpc) is 2.62. The third-order valence-corrected chi connectivity index (χ3v) is 3.93. The Morgan fingerprint density at radius 2 is 1.70 bits per heavy atom.